The first-order valence-electron chi connectivity index (χ1n) is 7.93. The van der Waals surface area contributed by atoms with E-state index in [1.807, 2.05) is 6.07 Å². The van der Waals surface area contributed by atoms with Crippen LogP contribution in [0.4, 0.5) is 5.82 Å². The summed E-state index contributed by atoms with van der Waals surface area (Å²) >= 11 is 6.29. The van der Waals surface area contributed by atoms with Gasteiger partial charge in [0.25, 0.3) is 0 Å². The van der Waals surface area contributed by atoms with Crippen LogP contribution < -0.4 is 10.2 Å². The molecule has 0 bridgehead atoms. The summed E-state index contributed by atoms with van der Waals surface area (Å²) in [5.41, 5.74) is 0.993. The Morgan fingerprint density at radius 2 is 2.00 bits per heavy atom. The lowest BCUT2D eigenvalue weighted by atomic mass is 10.2. The smallest absolute Gasteiger partial charge is 0.129 e. The molecule has 0 aromatic carbocycles. The van der Waals surface area contributed by atoms with Crippen LogP contribution in [0.15, 0.2) is 12.1 Å². The van der Waals surface area contributed by atoms with Crippen molar-refractivity contribution in [1.29, 1.82) is 0 Å². The highest BCUT2D eigenvalue weighted by Gasteiger charge is 2.24. The van der Waals surface area contributed by atoms with Gasteiger partial charge in [-0.1, -0.05) is 24.4 Å². The molecule has 1 aromatic heterocycles. The summed E-state index contributed by atoms with van der Waals surface area (Å²) in [6, 6.07) is 5.43. The van der Waals surface area contributed by atoms with E-state index in [0.717, 1.165) is 29.6 Å². The fourth-order valence-corrected chi connectivity index (χ4v) is 3.28. The SMILES string of the molecule is CCN(c1ccc(Cl)c(CNC2CC2)n1)C1CCCC1. The molecule has 2 saturated carbocycles. The highest BCUT2D eigenvalue weighted by atomic mass is 35.5. The largest absolute Gasteiger partial charge is 0.354 e. The van der Waals surface area contributed by atoms with Gasteiger partial charge in [-0.3, -0.25) is 0 Å². The second kappa shape index (κ2) is 6.31. The predicted octanol–water partition coefficient (Wildman–Crippen LogP) is 3.76. The van der Waals surface area contributed by atoms with Crippen molar-refractivity contribution in [2.24, 2.45) is 0 Å². The first kappa shape index (κ1) is 14.2. The minimum absolute atomic E-state index is 0.665. The van der Waals surface area contributed by atoms with Crippen molar-refractivity contribution in [1.82, 2.24) is 10.3 Å². The normalized spacial score (nSPS) is 19.5. The number of hydrogen-bond acceptors (Lipinski definition) is 3. The fourth-order valence-electron chi connectivity index (χ4n) is 3.11. The van der Waals surface area contributed by atoms with Crippen LogP contribution in [0.2, 0.25) is 5.02 Å². The quantitative estimate of drug-likeness (QED) is 0.866. The van der Waals surface area contributed by atoms with Crippen molar-refractivity contribution in [3.63, 3.8) is 0 Å². The molecule has 1 aromatic rings. The van der Waals surface area contributed by atoms with Crippen LogP contribution in [-0.4, -0.2) is 23.6 Å². The number of hydrogen-bond donors (Lipinski definition) is 1. The maximum absolute atomic E-state index is 6.29. The van der Waals surface area contributed by atoms with E-state index in [1.54, 1.807) is 0 Å². The van der Waals surface area contributed by atoms with E-state index in [-0.39, 0.29) is 0 Å². The number of aromatic nitrogens is 1. The second-order valence-electron chi connectivity index (χ2n) is 5.98. The molecule has 0 radical (unpaired) electrons. The van der Waals surface area contributed by atoms with Crippen molar-refractivity contribution >= 4 is 17.4 Å². The molecule has 0 atom stereocenters. The Morgan fingerprint density at radius 1 is 1.25 bits per heavy atom. The number of halogens is 1. The Hall–Kier alpha value is -0.800. The summed E-state index contributed by atoms with van der Waals surface area (Å²) in [5.74, 6) is 1.09. The Bertz CT molecular complexity index is 453. The number of rotatable bonds is 6. The van der Waals surface area contributed by atoms with Crippen molar-refractivity contribution in [2.75, 3.05) is 11.4 Å². The topological polar surface area (TPSA) is 28.2 Å². The first-order valence-corrected chi connectivity index (χ1v) is 8.31. The van der Waals surface area contributed by atoms with Crippen LogP contribution in [-0.2, 0) is 6.54 Å². The van der Waals surface area contributed by atoms with Gasteiger partial charge in [0.1, 0.15) is 5.82 Å². The van der Waals surface area contributed by atoms with Crippen LogP contribution in [0, 0.1) is 0 Å². The van der Waals surface area contributed by atoms with E-state index in [0.29, 0.717) is 12.1 Å². The summed E-state index contributed by atoms with van der Waals surface area (Å²) in [4.78, 5) is 7.27. The van der Waals surface area contributed by atoms with Gasteiger partial charge in [0.15, 0.2) is 0 Å². The number of nitrogens with one attached hydrogen (secondary N) is 1. The maximum Gasteiger partial charge on any atom is 0.129 e. The molecule has 1 N–H and O–H groups in total. The van der Waals surface area contributed by atoms with Gasteiger partial charge in [-0.15, -0.1) is 0 Å². The molecule has 0 unspecified atom stereocenters. The molecule has 4 heteroatoms. The molecule has 0 spiro atoms. The zero-order valence-electron chi connectivity index (χ0n) is 12.2. The molecular weight excluding hydrogens is 270 g/mol. The molecule has 2 aliphatic carbocycles. The number of anilines is 1. The van der Waals surface area contributed by atoms with Gasteiger partial charge in [0, 0.05) is 25.2 Å². The predicted molar refractivity (Wildman–Crippen MR) is 84.4 cm³/mol. The van der Waals surface area contributed by atoms with Crippen molar-refractivity contribution in [2.45, 2.75) is 64.1 Å². The minimum atomic E-state index is 0.665. The molecule has 110 valence electrons. The molecule has 3 nitrogen and oxygen atoms in total. The van der Waals surface area contributed by atoms with E-state index in [2.05, 4.69) is 23.2 Å². The molecule has 3 rings (SSSR count). The van der Waals surface area contributed by atoms with E-state index in [4.69, 9.17) is 16.6 Å². The molecule has 2 fully saturated rings. The standard InChI is InChI=1S/C16H24ClN3/c1-2-20(13-5-3-4-6-13)16-10-9-14(17)15(19-16)11-18-12-7-8-12/h9-10,12-13,18H,2-8,11H2,1H3. The zero-order valence-corrected chi connectivity index (χ0v) is 13.0. The average Bonchev–Trinajstić information content (AvgIpc) is 3.14. The summed E-state index contributed by atoms with van der Waals surface area (Å²) in [7, 11) is 0. The van der Waals surface area contributed by atoms with E-state index >= 15 is 0 Å². The van der Waals surface area contributed by atoms with Crippen LogP contribution >= 0.6 is 11.6 Å². The summed E-state index contributed by atoms with van der Waals surface area (Å²) < 4.78 is 0. The average molecular weight is 294 g/mol. The third-order valence-corrected chi connectivity index (χ3v) is 4.78. The molecule has 1 heterocycles. The van der Waals surface area contributed by atoms with Gasteiger partial charge in [-0.25, -0.2) is 4.98 Å². The summed E-state index contributed by atoms with van der Waals surface area (Å²) in [6.07, 6.45) is 7.89. The maximum atomic E-state index is 6.29. The molecule has 0 saturated heterocycles. The zero-order chi connectivity index (χ0) is 13.9. The van der Waals surface area contributed by atoms with Gasteiger partial charge in [-0.2, -0.15) is 0 Å². The molecule has 0 aliphatic heterocycles. The monoisotopic (exact) mass is 293 g/mol. The van der Waals surface area contributed by atoms with Crippen molar-refractivity contribution in [3.05, 3.63) is 22.8 Å². The third kappa shape index (κ3) is 3.26. The summed E-state index contributed by atoms with van der Waals surface area (Å²) in [5, 5.41) is 4.28. The highest BCUT2D eigenvalue weighted by Crippen LogP contribution is 2.28. The van der Waals surface area contributed by atoms with Crippen LogP contribution in [0.25, 0.3) is 0 Å². The van der Waals surface area contributed by atoms with Gasteiger partial charge in [0.2, 0.25) is 0 Å². The Balaban J connectivity index is 1.74. The van der Waals surface area contributed by atoms with Gasteiger partial charge < -0.3 is 10.2 Å². The highest BCUT2D eigenvalue weighted by molar-refractivity contribution is 6.31. The Labute approximate surface area is 126 Å². The van der Waals surface area contributed by atoms with E-state index in [9.17, 15) is 0 Å². The number of pyridine rings is 1. The number of nitrogens with zero attached hydrogens (tertiary/aromatic N) is 2. The Kier molecular flexibility index (Phi) is 4.47. The molecular formula is C16H24ClN3. The molecule has 20 heavy (non-hydrogen) atoms. The summed E-state index contributed by atoms with van der Waals surface area (Å²) in [6.45, 7) is 4.03. The molecule has 0 amide bonds. The van der Waals surface area contributed by atoms with Gasteiger partial charge >= 0.3 is 0 Å². The second-order valence-corrected chi connectivity index (χ2v) is 6.38. The molecule has 2 aliphatic rings. The van der Waals surface area contributed by atoms with Crippen LogP contribution in [0.5, 0.6) is 0 Å². The lowest BCUT2D eigenvalue weighted by molar-refractivity contribution is 0.609. The lowest BCUT2D eigenvalue weighted by Crippen LogP contribution is -2.34. The van der Waals surface area contributed by atoms with Gasteiger partial charge in [-0.05, 0) is 44.7 Å². The van der Waals surface area contributed by atoms with E-state index in [1.165, 1.54) is 38.5 Å². The van der Waals surface area contributed by atoms with Crippen molar-refractivity contribution in [3.8, 4) is 0 Å². The first-order chi connectivity index (χ1) is 9.78. The van der Waals surface area contributed by atoms with Crippen molar-refractivity contribution < 1.29 is 0 Å². The lowest BCUT2D eigenvalue weighted by Gasteiger charge is -2.29. The van der Waals surface area contributed by atoms with Crippen LogP contribution in [0.1, 0.15) is 51.1 Å². The minimum Gasteiger partial charge on any atom is -0.354 e. The van der Waals surface area contributed by atoms with Gasteiger partial charge in [0.05, 0.1) is 10.7 Å². The third-order valence-electron chi connectivity index (χ3n) is 4.44. The fraction of sp³-hybridized carbons (Fsp3) is 0.688. The van der Waals surface area contributed by atoms with E-state index < -0.39 is 0 Å². The van der Waals surface area contributed by atoms with Crippen LogP contribution in [0.3, 0.4) is 0 Å². The Morgan fingerprint density at radius 3 is 2.65 bits per heavy atom.